The molecule has 6 rings (SSSR count). The molecule has 0 saturated carbocycles. The molecule has 1 heterocycles. The molecule has 5 aromatic rings. The van der Waals surface area contributed by atoms with Gasteiger partial charge in [0.2, 0.25) is 0 Å². The molecule has 4 aromatic carbocycles. The number of hydrogen-bond acceptors (Lipinski definition) is 1. The Morgan fingerprint density at radius 1 is 0.533 bits per heavy atom. The molecule has 144 valence electrons. The lowest BCUT2D eigenvalue weighted by Gasteiger charge is -2.21. The minimum atomic E-state index is -0.0212. The number of fused-ring (bicyclic) bond motifs is 4. The summed E-state index contributed by atoms with van der Waals surface area (Å²) < 4.78 is 6.65. The fraction of sp³-hybridized carbons (Fsp3) is 0.103. The van der Waals surface area contributed by atoms with Gasteiger partial charge >= 0.3 is 0 Å². The predicted octanol–water partition coefficient (Wildman–Crippen LogP) is 8.07. The average molecular weight is 386 g/mol. The van der Waals surface area contributed by atoms with Crippen molar-refractivity contribution >= 4 is 10.8 Å². The smallest absolute Gasteiger partial charge is 0.143 e. The van der Waals surface area contributed by atoms with Gasteiger partial charge in [-0.2, -0.15) is 0 Å². The van der Waals surface area contributed by atoms with Crippen molar-refractivity contribution in [1.29, 1.82) is 0 Å². The van der Waals surface area contributed by atoms with E-state index >= 15 is 0 Å². The summed E-state index contributed by atoms with van der Waals surface area (Å²) in [6.07, 6.45) is 0. The Morgan fingerprint density at radius 3 is 1.93 bits per heavy atom. The maximum Gasteiger partial charge on any atom is 0.143 e. The molecule has 0 radical (unpaired) electrons. The first kappa shape index (κ1) is 17.3. The first-order valence-corrected chi connectivity index (χ1v) is 10.5. The monoisotopic (exact) mass is 386 g/mol. The Balaban J connectivity index is 1.69. The van der Waals surface area contributed by atoms with Crippen molar-refractivity contribution in [2.75, 3.05) is 0 Å². The van der Waals surface area contributed by atoms with Crippen molar-refractivity contribution in [3.63, 3.8) is 0 Å². The van der Waals surface area contributed by atoms with Crippen molar-refractivity contribution in [3.8, 4) is 33.8 Å². The maximum absolute atomic E-state index is 6.65. The first-order valence-electron chi connectivity index (χ1n) is 10.5. The van der Waals surface area contributed by atoms with Gasteiger partial charge in [-0.05, 0) is 22.3 Å². The van der Waals surface area contributed by atoms with Crippen LogP contribution in [0.15, 0.2) is 101 Å². The van der Waals surface area contributed by atoms with E-state index < -0.39 is 0 Å². The van der Waals surface area contributed by atoms with Crippen molar-refractivity contribution < 1.29 is 4.42 Å². The Bertz CT molecular complexity index is 1400. The highest BCUT2D eigenvalue weighted by atomic mass is 16.3. The van der Waals surface area contributed by atoms with E-state index in [1.165, 1.54) is 27.8 Å². The zero-order valence-electron chi connectivity index (χ0n) is 17.1. The van der Waals surface area contributed by atoms with Crippen LogP contribution in [0.4, 0.5) is 0 Å². The van der Waals surface area contributed by atoms with Crippen LogP contribution in [-0.2, 0) is 5.41 Å². The Hall–Kier alpha value is -3.58. The second-order valence-electron chi connectivity index (χ2n) is 8.57. The van der Waals surface area contributed by atoms with Gasteiger partial charge in [0, 0.05) is 27.3 Å². The van der Waals surface area contributed by atoms with E-state index in [1.54, 1.807) is 0 Å². The molecule has 30 heavy (non-hydrogen) atoms. The molecule has 1 aliphatic rings. The molecule has 0 N–H and O–H groups in total. The van der Waals surface area contributed by atoms with Gasteiger partial charge in [0.25, 0.3) is 0 Å². The number of hydrogen-bond donors (Lipinski definition) is 0. The highest BCUT2D eigenvalue weighted by Gasteiger charge is 2.37. The minimum Gasteiger partial charge on any atom is -0.455 e. The van der Waals surface area contributed by atoms with Gasteiger partial charge in [-0.15, -0.1) is 0 Å². The summed E-state index contributed by atoms with van der Waals surface area (Å²) in [6.45, 7) is 4.63. The summed E-state index contributed by atoms with van der Waals surface area (Å²) in [6, 6.07) is 34.3. The molecule has 0 saturated heterocycles. The summed E-state index contributed by atoms with van der Waals surface area (Å²) >= 11 is 0. The van der Waals surface area contributed by atoms with Crippen LogP contribution in [-0.4, -0.2) is 0 Å². The largest absolute Gasteiger partial charge is 0.455 e. The van der Waals surface area contributed by atoms with Gasteiger partial charge in [0.05, 0.1) is 0 Å². The average Bonchev–Trinajstić information content (AvgIpc) is 3.29. The van der Waals surface area contributed by atoms with Crippen molar-refractivity contribution in [1.82, 2.24) is 0 Å². The van der Waals surface area contributed by atoms with Crippen LogP contribution in [0, 0.1) is 0 Å². The molecule has 0 amide bonds. The Labute approximate surface area is 176 Å². The second-order valence-corrected chi connectivity index (χ2v) is 8.57. The van der Waals surface area contributed by atoms with Crippen LogP contribution in [0.1, 0.15) is 25.0 Å². The maximum atomic E-state index is 6.65. The highest BCUT2D eigenvalue weighted by molar-refractivity contribution is 6.05. The van der Waals surface area contributed by atoms with Crippen molar-refractivity contribution in [2.24, 2.45) is 0 Å². The van der Waals surface area contributed by atoms with Crippen molar-refractivity contribution in [3.05, 3.63) is 108 Å². The summed E-state index contributed by atoms with van der Waals surface area (Å²) in [5, 5.41) is 2.31. The summed E-state index contributed by atoms with van der Waals surface area (Å²) in [4.78, 5) is 0. The highest BCUT2D eigenvalue weighted by Crippen LogP contribution is 2.53. The van der Waals surface area contributed by atoms with Crippen LogP contribution in [0.3, 0.4) is 0 Å². The van der Waals surface area contributed by atoms with E-state index in [0.717, 1.165) is 27.9 Å². The zero-order valence-corrected chi connectivity index (χ0v) is 17.1. The van der Waals surface area contributed by atoms with E-state index in [-0.39, 0.29) is 5.41 Å². The molecule has 0 fully saturated rings. The number of benzene rings is 4. The van der Waals surface area contributed by atoms with Gasteiger partial charge < -0.3 is 4.42 Å². The summed E-state index contributed by atoms with van der Waals surface area (Å²) in [5.41, 5.74) is 7.62. The lowest BCUT2D eigenvalue weighted by Crippen LogP contribution is -2.14. The molecule has 1 heteroatoms. The summed E-state index contributed by atoms with van der Waals surface area (Å²) in [7, 11) is 0. The molecule has 0 atom stereocenters. The van der Waals surface area contributed by atoms with E-state index in [0.29, 0.717) is 0 Å². The quantitative estimate of drug-likeness (QED) is 0.299. The molecular weight excluding hydrogens is 364 g/mol. The predicted molar refractivity (Wildman–Crippen MR) is 125 cm³/mol. The van der Waals surface area contributed by atoms with E-state index in [2.05, 4.69) is 105 Å². The number of rotatable bonds is 2. The van der Waals surface area contributed by atoms with E-state index in [1.807, 2.05) is 6.07 Å². The lowest BCUT2D eigenvalue weighted by atomic mass is 9.82. The fourth-order valence-corrected chi connectivity index (χ4v) is 5.04. The molecular formula is C29H22O. The topological polar surface area (TPSA) is 13.1 Å². The molecule has 0 spiro atoms. The minimum absolute atomic E-state index is 0.0212. The van der Waals surface area contributed by atoms with Gasteiger partial charge in [-0.3, -0.25) is 0 Å². The van der Waals surface area contributed by atoms with Gasteiger partial charge in [-0.1, -0.05) is 111 Å². The van der Waals surface area contributed by atoms with Crippen LogP contribution < -0.4 is 0 Å². The molecule has 1 nitrogen and oxygen atoms in total. The molecule has 1 aromatic heterocycles. The van der Waals surface area contributed by atoms with E-state index in [4.69, 9.17) is 4.42 Å². The molecule has 1 aliphatic carbocycles. The van der Waals surface area contributed by atoms with Crippen LogP contribution in [0.2, 0.25) is 0 Å². The van der Waals surface area contributed by atoms with Crippen LogP contribution >= 0.6 is 0 Å². The lowest BCUT2D eigenvalue weighted by molar-refractivity contribution is 0.602. The molecule has 0 aliphatic heterocycles. The standard InChI is InChI=1S/C29H22O/c1-29(2)24-17-9-8-15-22(24)26-23(16-10-18-25(26)29)28-21-14-7-6-13-20(21)27(30-28)19-11-4-3-5-12-19/h3-18H,1-2H3. The second kappa shape index (κ2) is 6.21. The Kier molecular flexibility index (Phi) is 3.58. The van der Waals surface area contributed by atoms with Gasteiger partial charge in [0.15, 0.2) is 0 Å². The fourth-order valence-electron chi connectivity index (χ4n) is 5.04. The third-order valence-electron chi connectivity index (χ3n) is 6.51. The first-order chi connectivity index (χ1) is 14.7. The van der Waals surface area contributed by atoms with Gasteiger partial charge in [0.1, 0.15) is 11.5 Å². The third kappa shape index (κ3) is 2.29. The van der Waals surface area contributed by atoms with E-state index in [9.17, 15) is 0 Å². The summed E-state index contributed by atoms with van der Waals surface area (Å²) in [5.74, 6) is 1.89. The normalized spacial score (nSPS) is 13.9. The third-order valence-corrected chi connectivity index (χ3v) is 6.51. The molecule has 0 unspecified atom stereocenters. The molecule has 0 bridgehead atoms. The van der Waals surface area contributed by atoms with Crippen LogP contribution in [0.25, 0.3) is 44.5 Å². The Morgan fingerprint density at radius 2 is 1.13 bits per heavy atom. The van der Waals surface area contributed by atoms with Crippen molar-refractivity contribution in [2.45, 2.75) is 19.3 Å². The van der Waals surface area contributed by atoms with Crippen LogP contribution in [0.5, 0.6) is 0 Å². The van der Waals surface area contributed by atoms with Gasteiger partial charge in [-0.25, -0.2) is 0 Å². The number of furan rings is 1. The SMILES string of the molecule is CC1(C)c2ccccc2-c2c(-c3oc(-c4ccccc4)c4ccccc34)cccc21. The zero-order chi connectivity index (χ0) is 20.3.